The molecule has 2 amide bonds. The number of hydrogen-bond donors (Lipinski definition) is 1. The molecular weight excluding hydrogens is 402 g/mol. The molecule has 0 atom stereocenters. The average molecular weight is 421 g/mol. The number of carbonyl (C=O) groups is 2. The van der Waals surface area contributed by atoms with Gasteiger partial charge in [-0.1, -0.05) is 6.07 Å². The van der Waals surface area contributed by atoms with Gasteiger partial charge in [-0.25, -0.2) is 4.98 Å². The molecule has 1 N–H and O–H groups in total. The Balaban J connectivity index is 1.34. The molecule has 0 saturated carbocycles. The molecule has 10 heteroatoms. The number of nitrogens with one attached hydrogen (secondary N) is 1. The first-order valence-electron chi connectivity index (χ1n) is 9.61. The maximum absolute atomic E-state index is 12.4. The summed E-state index contributed by atoms with van der Waals surface area (Å²) < 4.78 is 5.17. The summed E-state index contributed by atoms with van der Waals surface area (Å²) in [5.41, 5.74) is 0.522. The van der Waals surface area contributed by atoms with Gasteiger partial charge in [0.1, 0.15) is 5.82 Å². The third-order valence-corrected chi connectivity index (χ3v) is 4.95. The maximum atomic E-state index is 12.4. The lowest BCUT2D eigenvalue weighted by Gasteiger charge is -2.35. The van der Waals surface area contributed by atoms with E-state index in [2.05, 4.69) is 15.2 Å². The zero-order valence-electron chi connectivity index (χ0n) is 16.4. The normalized spacial score (nSPS) is 13.7. The van der Waals surface area contributed by atoms with Crippen LogP contribution in [0.3, 0.4) is 0 Å². The summed E-state index contributed by atoms with van der Waals surface area (Å²) in [7, 11) is 0. The third kappa shape index (κ3) is 4.53. The van der Waals surface area contributed by atoms with Gasteiger partial charge in [-0.3, -0.25) is 19.7 Å². The van der Waals surface area contributed by atoms with E-state index in [4.69, 9.17) is 4.42 Å². The van der Waals surface area contributed by atoms with Gasteiger partial charge in [-0.15, -0.1) is 0 Å². The zero-order chi connectivity index (χ0) is 21.8. The fraction of sp³-hybridized carbons (Fsp3) is 0.190. The van der Waals surface area contributed by atoms with Gasteiger partial charge >= 0.3 is 0 Å². The van der Waals surface area contributed by atoms with Gasteiger partial charge < -0.3 is 19.5 Å². The molecule has 0 aliphatic carbocycles. The van der Waals surface area contributed by atoms with E-state index in [0.717, 1.165) is 5.82 Å². The van der Waals surface area contributed by atoms with Crippen molar-refractivity contribution in [3.63, 3.8) is 0 Å². The molecule has 3 aromatic rings. The molecule has 158 valence electrons. The number of rotatable bonds is 5. The lowest BCUT2D eigenvalue weighted by atomic mass is 10.2. The first-order valence-corrected chi connectivity index (χ1v) is 9.61. The van der Waals surface area contributed by atoms with Gasteiger partial charge in [-0.05, 0) is 30.3 Å². The van der Waals surface area contributed by atoms with Crippen molar-refractivity contribution in [1.29, 1.82) is 0 Å². The summed E-state index contributed by atoms with van der Waals surface area (Å²) >= 11 is 0. The van der Waals surface area contributed by atoms with Gasteiger partial charge in [0.15, 0.2) is 5.76 Å². The number of anilines is 2. The fourth-order valence-electron chi connectivity index (χ4n) is 3.31. The quantitative estimate of drug-likeness (QED) is 0.496. The van der Waals surface area contributed by atoms with Crippen LogP contribution in [0.5, 0.6) is 0 Å². The number of non-ortho nitro benzene ring substituents is 1. The molecule has 1 saturated heterocycles. The summed E-state index contributed by atoms with van der Waals surface area (Å²) in [5, 5.41) is 13.6. The molecule has 2 aromatic heterocycles. The van der Waals surface area contributed by atoms with Gasteiger partial charge in [0.2, 0.25) is 0 Å². The van der Waals surface area contributed by atoms with Crippen molar-refractivity contribution < 1.29 is 18.9 Å². The van der Waals surface area contributed by atoms with E-state index in [1.54, 1.807) is 29.2 Å². The largest absolute Gasteiger partial charge is 0.459 e. The van der Waals surface area contributed by atoms with E-state index in [1.165, 1.54) is 36.7 Å². The second-order valence-corrected chi connectivity index (χ2v) is 6.92. The van der Waals surface area contributed by atoms with Crippen LogP contribution in [0.25, 0.3) is 0 Å². The van der Waals surface area contributed by atoms with Crippen LogP contribution in [0.1, 0.15) is 20.9 Å². The van der Waals surface area contributed by atoms with Crippen molar-refractivity contribution in [2.24, 2.45) is 0 Å². The Labute approximate surface area is 177 Å². The Kier molecular flexibility index (Phi) is 5.61. The Morgan fingerprint density at radius 3 is 2.52 bits per heavy atom. The predicted octanol–water partition coefficient (Wildman–Crippen LogP) is 2.80. The van der Waals surface area contributed by atoms with Crippen LogP contribution >= 0.6 is 0 Å². The van der Waals surface area contributed by atoms with Crippen LogP contribution in [0.4, 0.5) is 17.2 Å². The first kappa shape index (κ1) is 20.1. The van der Waals surface area contributed by atoms with Gasteiger partial charge in [-0.2, -0.15) is 0 Å². The number of benzene rings is 1. The second kappa shape index (κ2) is 8.66. The molecule has 1 aromatic carbocycles. The molecular formula is C21H19N5O5. The van der Waals surface area contributed by atoms with Crippen molar-refractivity contribution in [2.75, 3.05) is 36.4 Å². The Morgan fingerprint density at radius 2 is 1.87 bits per heavy atom. The second-order valence-electron chi connectivity index (χ2n) is 6.92. The molecule has 3 heterocycles. The van der Waals surface area contributed by atoms with Crippen molar-refractivity contribution in [3.05, 3.63) is 82.4 Å². The lowest BCUT2D eigenvalue weighted by Crippen LogP contribution is -2.49. The summed E-state index contributed by atoms with van der Waals surface area (Å²) in [6.07, 6.45) is 3.01. The van der Waals surface area contributed by atoms with E-state index in [-0.39, 0.29) is 17.2 Å². The standard InChI is InChI=1S/C21H19N5O5/c27-20(15-3-1-4-17(13-15)26(29)30)23-16-6-7-19(22-14-16)24-8-10-25(11-9-24)21(28)18-5-2-12-31-18/h1-7,12-14H,8-11H2,(H,23,27). The Hall–Kier alpha value is -4.21. The third-order valence-electron chi connectivity index (χ3n) is 4.95. The van der Waals surface area contributed by atoms with Crippen molar-refractivity contribution in [2.45, 2.75) is 0 Å². The van der Waals surface area contributed by atoms with Crippen molar-refractivity contribution >= 4 is 29.0 Å². The molecule has 1 aliphatic rings. The molecule has 1 fully saturated rings. The molecule has 0 spiro atoms. The molecule has 31 heavy (non-hydrogen) atoms. The summed E-state index contributed by atoms with van der Waals surface area (Å²) in [5.74, 6) is 0.481. The molecule has 1 aliphatic heterocycles. The van der Waals surface area contributed by atoms with E-state index in [0.29, 0.717) is 37.6 Å². The highest BCUT2D eigenvalue weighted by atomic mass is 16.6. The number of hydrogen-bond acceptors (Lipinski definition) is 7. The van der Waals surface area contributed by atoms with E-state index in [9.17, 15) is 19.7 Å². The smallest absolute Gasteiger partial charge is 0.289 e. The summed E-state index contributed by atoms with van der Waals surface area (Å²) in [4.78, 5) is 43.2. The highest BCUT2D eigenvalue weighted by Gasteiger charge is 2.24. The number of amides is 2. The van der Waals surface area contributed by atoms with Crippen LogP contribution in [0.2, 0.25) is 0 Å². The van der Waals surface area contributed by atoms with Crippen LogP contribution in [0.15, 0.2) is 65.4 Å². The number of aromatic nitrogens is 1. The molecule has 4 rings (SSSR count). The molecule has 0 unspecified atom stereocenters. The van der Waals surface area contributed by atoms with Crippen LogP contribution < -0.4 is 10.2 Å². The van der Waals surface area contributed by atoms with Crippen LogP contribution in [-0.4, -0.2) is 52.8 Å². The topological polar surface area (TPSA) is 122 Å². The fourth-order valence-corrected chi connectivity index (χ4v) is 3.31. The Morgan fingerprint density at radius 1 is 1.06 bits per heavy atom. The number of carbonyl (C=O) groups excluding carboxylic acids is 2. The molecule has 0 bridgehead atoms. The van der Waals surface area contributed by atoms with Gasteiger partial charge in [0.25, 0.3) is 17.5 Å². The highest BCUT2D eigenvalue weighted by Crippen LogP contribution is 2.19. The van der Waals surface area contributed by atoms with Crippen LogP contribution in [-0.2, 0) is 0 Å². The van der Waals surface area contributed by atoms with Gasteiger partial charge in [0, 0.05) is 43.9 Å². The van der Waals surface area contributed by atoms with E-state index >= 15 is 0 Å². The lowest BCUT2D eigenvalue weighted by molar-refractivity contribution is -0.384. The maximum Gasteiger partial charge on any atom is 0.289 e. The molecule has 0 radical (unpaired) electrons. The number of nitrogens with zero attached hydrogens (tertiary/aromatic N) is 4. The summed E-state index contributed by atoms with van der Waals surface area (Å²) in [6, 6.07) is 12.4. The van der Waals surface area contributed by atoms with Crippen molar-refractivity contribution in [3.8, 4) is 0 Å². The van der Waals surface area contributed by atoms with Crippen LogP contribution in [0, 0.1) is 10.1 Å². The average Bonchev–Trinajstić information content (AvgIpc) is 3.34. The summed E-state index contributed by atoms with van der Waals surface area (Å²) in [6.45, 7) is 2.34. The minimum Gasteiger partial charge on any atom is -0.459 e. The van der Waals surface area contributed by atoms with E-state index in [1.807, 2.05) is 0 Å². The minimum absolute atomic E-state index is 0.128. The Bertz CT molecular complexity index is 1090. The predicted molar refractivity (Wildman–Crippen MR) is 112 cm³/mol. The SMILES string of the molecule is O=C(Nc1ccc(N2CCN(C(=O)c3ccco3)CC2)nc1)c1cccc([N+](=O)[O-])c1. The van der Waals surface area contributed by atoms with Crippen molar-refractivity contribution in [1.82, 2.24) is 9.88 Å². The number of furan rings is 1. The number of nitro benzene ring substituents is 1. The highest BCUT2D eigenvalue weighted by molar-refractivity contribution is 6.04. The minimum atomic E-state index is -0.547. The number of piperazine rings is 1. The number of nitro groups is 1. The molecule has 10 nitrogen and oxygen atoms in total. The zero-order valence-corrected chi connectivity index (χ0v) is 16.4. The first-order chi connectivity index (χ1) is 15.0. The van der Waals surface area contributed by atoms with E-state index < -0.39 is 10.8 Å². The van der Waals surface area contributed by atoms with Gasteiger partial charge in [0.05, 0.1) is 23.1 Å². The monoisotopic (exact) mass is 421 g/mol. The number of pyridine rings is 1.